The van der Waals surface area contributed by atoms with Crippen molar-refractivity contribution in [2.75, 3.05) is 16.8 Å². The highest BCUT2D eigenvalue weighted by molar-refractivity contribution is 9.10. The first-order chi connectivity index (χ1) is 10.2. The number of halogens is 1. The molecule has 0 radical (unpaired) electrons. The fourth-order valence-corrected chi connectivity index (χ4v) is 2.83. The molecule has 1 heterocycles. The van der Waals surface area contributed by atoms with Crippen molar-refractivity contribution in [3.8, 4) is 0 Å². The van der Waals surface area contributed by atoms with Crippen LogP contribution in [-0.4, -0.2) is 12.5 Å². The third kappa shape index (κ3) is 3.27. The van der Waals surface area contributed by atoms with Crippen molar-refractivity contribution in [3.63, 3.8) is 0 Å². The third-order valence-corrected chi connectivity index (χ3v) is 4.19. The van der Waals surface area contributed by atoms with E-state index in [1.807, 2.05) is 41.3 Å². The Bertz CT molecular complexity index is 639. The summed E-state index contributed by atoms with van der Waals surface area (Å²) in [5, 5.41) is 3.44. The number of nitrogens with zero attached hydrogens (tertiary/aromatic N) is 1. The minimum Gasteiger partial charge on any atom is -0.379 e. The number of hydrogen-bond acceptors (Lipinski definition) is 2. The van der Waals surface area contributed by atoms with Crippen LogP contribution in [0.1, 0.15) is 18.4 Å². The van der Waals surface area contributed by atoms with E-state index in [-0.39, 0.29) is 5.91 Å². The van der Waals surface area contributed by atoms with Gasteiger partial charge in [0.1, 0.15) is 0 Å². The van der Waals surface area contributed by atoms with Crippen LogP contribution in [-0.2, 0) is 11.3 Å². The van der Waals surface area contributed by atoms with E-state index >= 15 is 0 Å². The lowest BCUT2D eigenvalue weighted by Gasteiger charge is -2.20. The van der Waals surface area contributed by atoms with Crippen LogP contribution >= 0.6 is 15.9 Å². The van der Waals surface area contributed by atoms with E-state index < -0.39 is 0 Å². The highest BCUT2D eigenvalue weighted by atomic mass is 79.9. The summed E-state index contributed by atoms with van der Waals surface area (Å²) in [5.41, 5.74) is 3.20. The largest absolute Gasteiger partial charge is 0.379 e. The zero-order valence-corrected chi connectivity index (χ0v) is 13.3. The standard InChI is InChI=1S/C17H17BrN2O/c18-14-9-7-13(8-10-14)12-19-15-4-1-2-5-16(15)20-11-3-6-17(20)21/h1-2,4-5,7-10,19H,3,6,11-12H2. The Kier molecular flexibility index (Phi) is 4.25. The predicted molar refractivity (Wildman–Crippen MR) is 89.5 cm³/mol. The lowest BCUT2D eigenvalue weighted by Crippen LogP contribution is -2.24. The first-order valence-electron chi connectivity index (χ1n) is 7.12. The van der Waals surface area contributed by atoms with Gasteiger partial charge in [0, 0.05) is 24.0 Å². The summed E-state index contributed by atoms with van der Waals surface area (Å²) in [7, 11) is 0. The molecule has 0 bridgehead atoms. The maximum atomic E-state index is 11.9. The number of hydrogen-bond donors (Lipinski definition) is 1. The van der Waals surface area contributed by atoms with Gasteiger partial charge in [-0.05, 0) is 36.2 Å². The molecule has 2 aromatic carbocycles. The van der Waals surface area contributed by atoms with Gasteiger partial charge >= 0.3 is 0 Å². The zero-order valence-electron chi connectivity index (χ0n) is 11.7. The molecule has 108 valence electrons. The molecule has 1 aliphatic rings. The molecular formula is C17H17BrN2O. The predicted octanol–water partition coefficient (Wildman–Crippen LogP) is 4.19. The Morgan fingerprint density at radius 2 is 1.86 bits per heavy atom. The zero-order chi connectivity index (χ0) is 14.7. The molecular weight excluding hydrogens is 328 g/mol. The Hall–Kier alpha value is -1.81. The normalized spacial score (nSPS) is 14.5. The van der Waals surface area contributed by atoms with Crippen LogP contribution in [0.5, 0.6) is 0 Å². The van der Waals surface area contributed by atoms with Crippen LogP contribution in [0.25, 0.3) is 0 Å². The molecule has 1 amide bonds. The van der Waals surface area contributed by atoms with E-state index in [0.717, 1.165) is 35.4 Å². The second-order valence-electron chi connectivity index (χ2n) is 5.15. The number of anilines is 2. The van der Waals surface area contributed by atoms with E-state index in [1.54, 1.807) is 0 Å². The summed E-state index contributed by atoms with van der Waals surface area (Å²) >= 11 is 3.44. The lowest BCUT2D eigenvalue weighted by atomic mass is 10.2. The van der Waals surface area contributed by atoms with Crippen molar-refractivity contribution >= 4 is 33.2 Å². The topological polar surface area (TPSA) is 32.3 Å². The summed E-state index contributed by atoms with van der Waals surface area (Å²) in [4.78, 5) is 13.8. The van der Waals surface area contributed by atoms with E-state index in [0.29, 0.717) is 6.42 Å². The van der Waals surface area contributed by atoms with E-state index in [1.165, 1.54) is 5.56 Å². The van der Waals surface area contributed by atoms with Crippen molar-refractivity contribution in [3.05, 3.63) is 58.6 Å². The van der Waals surface area contributed by atoms with Crippen LogP contribution in [0.4, 0.5) is 11.4 Å². The van der Waals surface area contributed by atoms with Gasteiger partial charge in [0.15, 0.2) is 0 Å². The number of nitrogens with one attached hydrogen (secondary N) is 1. The number of amides is 1. The quantitative estimate of drug-likeness (QED) is 0.901. The highest BCUT2D eigenvalue weighted by Crippen LogP contribution is 2.29. The van der Waals surface area contributed by atoms with E-state index in [4.69, 9.17) is 0 Å². The van der Waals surface area contributed by atoms with Gasteiger partial charge in [-0.2, -0.15) is 0 Å². The smallest absolute Gasteiger partial charge is 0.227 e. The molecule has 0 unspecified atom stereocenters. The molecule has 0 atom stereocenters. The second-order valence-corrected chi connectivity index (χ2v) is 6.06. The van der Waals surface area contributed by atoms with Gasteiger partial charge < -0.3 is 10.2 Å². The molecule has 0 aliphatic carbocycles. The molecule has 4 heteroatoms. The molecule has 0 aromatic heterocycles. The fourth-order valence-electron chi connectivity index (χ4n) is 2.56. The average molecular weight is 345 g/mol. The lowest BCUT2D eigenvalue weighted by molar-refractivity contribution is -0.117. The molecule has 1 aliphatic heterocycles. The van der Waals surface area contributed by atoms with E-state index in [2.05, 4.69) is 33.4 Å². The Morgan fingerprint density at radius 1 is 1.10 bits per heavy atom. The first-order valence-corrected chi connectivity index (χ1v) is 7.91. The molecule has 3 rings (SSSR count). The SMILES string of the molecule is O=C1CCCN1c1ccccc1NCc1ccc(Br)cc1. The van der Waals surface area contributed by atoms with Crippen LogP contribution in [0.3, 0.4) is 0 Å². The molecule has 0 saturated carbocycles. The number of carbonyl (C=O) groups is 1. The molecule has 1 fully saturated rings. The van der Waals surface area contributed by atoms with Crippen LogP contribution in [0.15, 0.2) is 53.0 Å². The molecule has 1 N–H and O–H groups in total. The summed E-state index contributed by atoms with van der Waals surface area (Å²) in [5.74, 6) is 0.216. The first kappa shape index (κ1) is 14.1. The van der Waals surface area contributed by atoms with Crippen LogP contribution in [0.2, 0.25) is 0 Å². The van der Waals surface area contributed by atoms with Gasteiger partial charge in [-0.3, -0.25) is 4.79 Å². The molecule has 1 saturated heterocycles. The molecule has 0 spiro atoms. The van der Waals surface area contributed by atoms with Crippen molar-refractivity contribution in [2.45, 2.75) is 19.4 Å². The van der Waals surface area contributed by atoms with Crippen LogP contribution < -0.4 is 10.2 Å². The van der Waals surface area contributed by atoms with Crippen molar-refractivity contribution in [1.82, 2.24) is 0 Å². The van der Waals surface area contributed by atoms with Crippen LogP contribution in [0, 0.1) is 0 Å². The van der Waals surface area contributed by atoms with Crippen molar-refractivity contribution in [2.24, 2.45) is 0 Å². The van der Waals surface area contributed by atoms with Gasteiger partial charge in [0.2, 0.25) is 5.91 Å². The fraction of sp³-hybridized carbons (Fsp3) is 0.235. The third-order valence-electron chi connectivity index (χ3n) is 3.66. The number of rotatable bonds is 4. The highest BCUT2D eigenvalue weighted by Gasteiger charge is 2.23. The average Bonchev–Trinajstić information content (AvgIpc) is 2.93. The molecule has 3 nitrogen and oxygen atoms in total. The number of carbonyl (C=O) groups excluding carboxylic acids is 1. The van der Waals surface area contributed by atoms with Crippen molar-refractivity contribution in [1.29, 1.82) is 0 Å². The Balaban J connectivity index is 1.76. The summed E-state index contributed by atoms with van der Waals surface area (Å²) in [6, 6.07) is 16.2. The number of para-hydroxylation sites is 2. The summed E-state index contributed by atoms with van der Waals surface area (Å²) < 4.78 is 1.08. The maximum Gasteiger partial charge on any atom is 0.227 e. The minimum atomic E-state index is 0.216. The molecule has 2 aromatic rings. The van der Waals surface area contributed by atoms with Gasteiger partial charge in [0.25, 0.3) is 0 Å². The van der Waals surface area contributed by atoms with Gasteiger partial charge in [0.05, 0.1) is 11.4 Å². The minimum absolute atomic E-state index is 0.216. The molecule has 21 heavy (non-hydrogen) atoms. The number of benzene rings is 2. The van der Waals surface area contributed by atoms with Gasteiger partial charge in [-0.25, -0.2) is 0 Å². The van der Waals surface area contributed by atoms with Crippen molar-refractivity contribution < 1.29 is 4.79 Å². The maximum absolute atomic E-state index is 11.9. The monoisotopic (exact) mass is 344 g/mol. The second kappa shape index (κ2) is 6.31. The van der Waals surface area contributed by atoms with Gasteiger partial charge in [-0.15, -0.1) is 0 Å². The Morgan fingerprint density at radius 3 is 2.57 bits per heavy atom. The van der Waals surface area contributed by atoms with E-state index in [9.17, 15) is 4.79 Å². The Labute approximate surface area is 133 Å². The summed E-state index contributed by atoms with van der Waals surface area (Å²) in [6.45, 7) is 1.56. The summed E-state index contributed by atoms with van der Waals surface area (Å²) in [6.07, 6.45) is 1.60. The van der Waals surface area contributed by atoms with Gasteiger partial charge in [-0.1, -0.05) is 40.2 Å².